The summed E-state index contributed by atoms with van der Waals surface area (Å²) in [7, 11) is 0. The second kappa shape index (κ2) is 14.0. The molecule has 0 fully saturated rings. The molecule has 11 aromatic rings. The van der Waals surface area contributed by atoms with Gasteiger partial charge in [-0.25, -0.2) is 19.9 Å². The van der Waals surface area contributed by atoms with Gasteiger partial charge in [-0.05, 0) is 76.8 Å². The molecule has 4 heteroatoms. The van der Waals surface area contributed by atoms with Gasteiger partial charge in [0, 0.05) is 34.6 Å². The van der Waals surface area contributed by atoms with Crippen LogP contribution in [0.15, 0.2) is 207 Å². The first kappa shape index (κ1) is 33.5. The fraction of sp³-hybridized carbons (Fsp3) is 0. The molecule has 0 spiro atoms. The highest BCUT2D eigenvalue weighted by molar-refractivity contribution is 6.30. The molecule has 11 rings (SSSR count). The van der Waals surface area contributed by atoms with Gasteiger partial charge in [-0.2, -0.15) is 0 Å². The van der Waals surface area contributed by atoms with E-state index in [0.717, 1.165) is 49.8 Å². The summed E-state index contributed by atoms with van der Waals surface area (Å²) in [6.07, 6.45) is 3.72. The van der Waals surface area contributed by atoms with Crippen molar-refractivity contribution in [2.75, 3.05) is 0 Å². The van der Waals surface area contributed by atoms with Crippen LogP contribution in [0.4, 0.5) is 0 Å². The zero-order valence-electron chi connectivity index (χ0n) is 31.4. The molecule has 270 valence electrons. The van der Waals surface area contributed by atoms with E-state index in [1.807, 2.05) is 67.0 Å². The van der Waals surface area contributed by atoms with Gasteiger partial charge in [0.25, 0.3) is 0 Å². The van der Waals surface area contributed by atoms with Crippen molar-refractivity contribution in [2.45, 2.75) is 0 Å². The van der Waals surface area contributed by atoms with E-state index in [9.17, 15) is 0 Å². The first-order valence-corrected chi connectivity index (χ1v) is 19.5. The summed E-state index contributed by atoms with van der Waals surface area (Å²) >= 11 is 0. The first-order chi connectivity index (χ1) is 28.8. The van der Waals surface area contributed by atoms with Gasteiger partial charge in [-0.1, -0.05) is 182 Å². The SMILES string of the molecule is c1ccc(-c2cc(-c3cnc(-c4ccccc4)nc3)nc(-c3ccc4c5ccccc5c5ccccc5c5ccccc5c5c6ccccc6ccc5c4c3)n2)cc1. The van der Waals surface area contributed by atoms with E-state index in [1.54, 1.807) is 0 Å². The van der Waals surface area contributed by atoms with Gasteiger partial charge in [0.1, 0.15) is 0 Å². The smallest absolute Gasteiger partial charge is 0.160 e. The predicted molar refractivity (Wildman–Crippen MR) is 242 cm³/mol. The van der Waals surface area contributed by atoms with Crippen LogP contribution in [0.2, 0.25) is 0 Å². The van der Waals surface area contributed by atoms with Gasteiger partial charge in [0.2, 0.25) is 0 Å². The van der Waals surface area contributed by atoms with Gasteiger partial charge < -0.3 is 0 Å². The Morgan fingerprint density at radius 1 is 0.259 bits per heavy atom. The molecule has 0 radical (unpaired) electrons. The van der Waals surface area contributed by atoms with E-state index in [-0.39, 0.29) is 0 Å². The molecule has 0 saturated carbocycles. The zero-order valence-corrected chi connectivity index (χ0v) is 31.4. The summed E-state index contributed by atoms with van der Waals surface area (Å²) in [5.41, 5.74) is 5.30. The Labute approximate surface area is 335 Å². The van der Waals surface area contributed by atoms with E-state index < -0.39 is 0 Å². The molecule has 0 N–H and O–H groups in total. The highest BCUT2D eigenvalue weighted by atomic mass is 14.9. The summed E-state index contributed by atoms with van der Waals surface area (Å²) < 4.78 is 0. The molecule has 0 saturated heterocycles. The molecule has 2 aromatic heterocycles. The average Bonchev–Trinajstić information content (AvgIpc) is 3.31. The topological polar surface area (TPSA) is 51.6 Å². The normalized spacial score (nSPS) is 11.4. The molecule has 0 aliphatic rings. The fourth-order valence-corrected chi connectivity index (χ4v) is 8.45. The van der Waals surface area contributed by atoms with Gasteiger partial charge >= 0.3 is 0 Å². The standard InChI is InChI=1S/C54H34N4/c1-3-16-36(17-4-1)50-32-51(39-33-55-53(56-34-39)37-18-5-2-6-19-37)58-54(57-50)38-28-29-46-44-24-12-10-22-42(44)41-21-9-11-23-43(41)45-25-13-14-26-47(45)52-40-20-8-7-15-35(40)27-30-48(52)49(46)31-38/h1-34H. The highest BCUT2D eigenvalue weighted by Gasteiger charge is 2.15. The average molecular weight is 739 g/mol. The van der Waals surface area contributed by atoms with Crippen LogP contribution in [0.3, 0.4) is 0 Å². The van der Waals surface area contributed by atoms with Crippen molar-refractivity contribution in [1.29, 1.82) is 0 Å². The number of nitrogens with zero attached hydrogens (tertiary/aromatic N) is 4. The molecule has 0 unspecified atom stereocenters. The van der Waals surface area contributed by atoms with Crippen LogP contribution in [0.25, 0.3) is 110 Å². The maximum atomic E-state index is 5.25. The third-order valence-corrected chi connectivity index (χ3v) is 11.2. The van der Waals surface area contributed by atoms with Crippen molar-refractivity contribution in [3.05, 3.63) is 207 Å². The van der Waals surface area contributed by atoms with Crippen molar-refractivity contribution in [2.24, 2.45) is 0 Å². The van der Waals surface area contributed by atoms with Crippen molar-refractivity contribution in [3.63, 3.8) is 0 Å². The molecule has 0 atom stereocenters. The molecule has 9 aromatic carbocycles. The van der Waals surface area contributed by atoms with Crippen LogP contribution in [-0.4, -0.2) is 19.9 Å². The lowest BCUT2D eigenvalue weighted by Crippen LogP contribution is -1.97. The van der Waals surface area contributed by atoms with E-state index in [0.29, 0.717) is 11.6 Å². The maximum Gasteiger partial charge on any atom is 0.160 e. The molecule has 58 heavy (non-hydrogen) atoms. The number of rotatable bonds is 4. The van der Waals surface area contributed by atoms with E-state index >= 15 is 0 Å². The number of fused-ring (bicyclic) bond motifs is 12. The molecule has 0 bridgehead atoms. The van der Waals surface area contributed by atoms with Gasteiger partial charge in [0.05, 0.1) is 11.4 Å². The molecular formula is C54H34N4. The first-order valence-electron chi connectivity index (χ1n) is 19.5. The van der Waals surface area contributed by atoms with Crippen molar-refractivity contribution < 1.29 is 0 Å². The Morgan fingerprint density at radius 2 is 0.707 bits per heavy atom. The number of benzene rings is 8. The summed E-state index contributed by atoms with van der Waals surface area (Å²) in [5.74, 6) is 1.30. The third kappa shape index (κ3) is 5.78. The monoisotopic (exact) mass is 738 g/mol. The molecule has 0 amide bonds. The Hall–Kier alpha value is -7.82. The summed E-state index contributed by atoms with van der Waals surface area (Å²) in [5, 5.41) is 14.2. The molecule has 4 nitrogen and oxygen atoms in total. The third-order valence-electron chi connectivity index (χ3n) is 11.2. The number of hydrogen-bond donors (Lipinski definition) is 0. The predicted octanol–water partition coefficient (Wildman–Crippen LogP) is 14.0. The fourth-order valence-electron chi connectivity index (χ4n) is 8.45. The van der Waals surface area contributed by atoms with E-state index in [4.69, 9.17) is 19.9 Å². The second-order valence-corrected chi connectivity index (χ2v) is 14.6. The van der Waals surface area contributed by atoms with Crippen molar-refractivity contribution in [3.8, 4) is 45.3 Å². The molecule has 0 aliphatic heterocycles. The van der Waals surface area contributed by atoms with Crippen LogP contribution in [0.1, 0.15) is 0 Å². The molecular weight excluding hydrogens is 705 g/mol. The van der Waals surface area contributed by atoms with Gasteiger partial charge in [-0.15, -0.1) is 0 Å². The van der Waals surface area contributed by atoms with Crippen LogP contribution in [0, 0.1) is 0 Å². The lowest BCUT2D eigenvalue weighted by atomic mass is 9.91. The summed E-state index contributed by atoms with van der Waals surface area (Å²) in [6.45, 7) is 0. The largest absolute Gasteiger partial charge is 0.236 e. The number of aromatic nitrogens is 4. The quantitative estimate of drug-likeness (QED) is 0.180. The minimum absolute atomic E-state index is 0.629. The lowest BCUT2D eigenvalue weighted by Gasteiger charge is -2.13. The zero-order chi connectivity index (χ0) is 38.4. The minimum atomic E-state index is 0.629. The maximum absolute atomic E-state index is 5.25. The lowest BCUT2D eigenvalue weighted by molar-refractivity contribution is 1.14. The van der Waals surface area contributed by atoms with Crippen LogP contribution < -0.4 is 0 Å². The van der Waals surface area contributed by atoms with Crippen molar-refractivity contribution >= 4 is 64.6 Å². The minimum Gasteiger partial charge on any atom is -0.236 e. The van der Waals surface area contributed by atoms with Crippen LogP contribution in [-0.2, 0) is 0 Å². The van der Waals surface area contributed by atoms with Gasteiger partial charge in [0.15, 0.2) is 11.6 Å². The van der Waals surface area contributed by atoms with Crippen LogP contribution >= 0.6 is 0 Å². The van der Waals surface area contributed by atoms with E-state index in [2.05, 4.69) is 140 Å². The Morgan fingerprint density at radius 3 is 1.33 bits per heavy atom. The summed E-state index contributed by atoms with van der Waals surface area (Å²) in [6, 6.07) is 68.8. The Bertz CT molecular complexity index is 3430. The van der Waals surface area contributed by atoms with Gasteiger partial charge in [-0.3, -0.25) is 0 Å². The molecule has 2 heterocycles. The second-order valence-electron chi connectivity index (χ2n) is 14.6. The Balaban J connectivity index is 1.25. The summed E-state index contributed by atoms with van der Waals surface area (Å²) in [4.78, 5) is 20.0. The van der Waals surface area contributed by atoms with Crippen LogP contribution in [0.5, 0.6) is 0 Å². The highest BCUT2D eigenvalue weighted by Crippen LogP contribution is 2.40. The Kier molecular flexibility index (Phi) is 8.11. The van der Waals surface area contributed by atoms with E-state index in [1.165, 1.54) is 48.5 Å². The van der Waals surface area contributed by atoms with Crippen molar-refractivity contribution in [1.82, 2.24) is 19.9 Å². The number of hydrogen-bond acceptors (Lipinski definition) is 4. The molecule has 0 aliphatic carbocycles.